The molecule has 0 radical (unpaired) electrons. The quantitative estimate of drug-likeness (QED) is 0.153. The van der Waals surface area contributed by atoms with Gasteiger partial charge in [0.25, 0.3) is 0 Å². The Morgan fingerprint density at radius 1 is 0.265 bits per heavy atom. The van der Waals surface area contributed by atoms with Gasteiger partial charge in [-0.15, -0.1) is 11.3 Å². The van der Waals surface area contributed by atoms with E-state index in [-0.39, 0.29) is 0 Å². The van der Waals surface area contributed by atoms with Crippen LogP contribution in [0.3, 0.4) is 0 Å². The molecule has 2 heterocycles. The normalized spacial score (nSPS) is 12.5. The van der Waals surface area contributed by atoms with Crippen LogP contribution in [0.15, 0.2) is 249 Å². The number of benzene rings is 10. The molecule has 0 atom stereocenters. The molecule has 0 fully saturated rings. The van der Waals surface area contributed by atoms with E-state index in [0.717, 1.165) is 33.4 Å². The van der Waals surface area contributed by atoms with Gasteiger partial charge in [0.2, 0.25) is 0 Å². The lowest BCUT2D eigenvalue weighted by Crippen LogP contribution is -2.28. The van der Waals surface area contributed by atoms with E-state index in [1.807, 2.05) is 72.0 Å². The zero-order valence-electron chi connectivity index (χ0n) is 36.9. The Balaban J connectivity index is 1.02. The molecule has 0 saturated carbocycles. The summed E-state index contributed by atoms with van der Waals surface area (Å²) in [6.07, 6.45) is 0. The molecule has 12 aromatic rings. The standard InChI is InChI=1S/C64H41N3S/c1-5-19-42(20-6-1)61-65-62(43-21-7-2-8-22-43)67-63(66-61)48-26-18-24-45(38-48)44-23-17-25-46(37-44)54-41-58-55(40-53(54)47-35-36-60-56(39-47)52-32-14-16-34-59(52)68-60)51-31-13-15-33-57(51)64(58,49-27-9-3-10-28-49)50-29-11-4-12-30-50/h1-41H. The molecule has 3 nitrogen and oxygen atoms in total. The van der Waals surface area contributed by atoms with Gasteiger partial charge in [-0.1, -0.05) is 206 Å². The largest absolute Gasteiger partial charge is 0.208 e. The van der Waals surface area contributed by atoms with Crippen LogP contribution < -0.4 is 0 Å². The van der Waals surface area contributed by atoms with Crippen LogP contribution in [0.2, 0.25) is 0 Å². The van der Waals surface area contributed by atoms with Crippen LogP contribution in [0.25, 0.3) is 98.8 Å². The van der Waals surface area contributed by atoms with Gasteiger partial charge in [-0.05, 0) is 109 Å². The molecule has 4 heteroatoms. The van der Waals surface area contributed by atoms with Crippen LogP contribution in [0.4, 0.5) is 0 Å². The van der Waals surface area contributed by atoms with E-state index in [2.05, 4.69) is 188 Å². The van der Waals surface area contributed by atoms with Crippen LogP contribution in [0.5, 0.6) is 0 Å². The van der Waals surface area contributed by atoms with Crippen LogP contribution in [0, 0.1) is 0 Å². The first-order valence-corrected chi connectivity index (χ1v) is 23.9. The summed E-state index contributed by atoms with van der Waals surface area (Å²) < 4.78 is 2.60. The maximum absolute atomic E-state index is 5.07. The molecule has 0 N–H and O–H groups in total. The van der Waals surface area contributed by atoms with Crippen molar-refractivity contribution in [3.05, 3.63) is 271 Å². The minimum atomic E-state index is -0.539. The summed E-state index contributed by atoms with van der Waals surface area (Å²) in [7, 11) is 0. The number of aromatic nitrogens is 3. The SMILES string of the molecule is c1ccc(-c2nc(-c3ccccc3)nc(-c3cccc(-c4cccc(-c5cc6c(cc5-c5ccc7sc8ccccc8c7c5)-c5ccccc5C6(c5ccccc5)c5ccccc5)c4)c3)n2)cc1. The second kappa shape index (κ2) is 16.4. The Bertz CT molecular complexity index is 3750. The van der Waals surface area contributed by atoms with E-state index in [1.54, 1.807) is 0 Å². The molecule has 0 aliphatic heterocycles. The van der Waals surface area contributed by atoms with Crippen molar-refractivity contribution in [3.63, 3.8) is 0 Å². The van der Waals surface area contributed by atoms with Gasteiger partial charge in [0, 0.05) is 36.9 Å². The Kier molecular flexibility index (Phi) is 9.59. The first-order chi connectivity index (χ1) is 33.7. The molecular formula is C64H41N3S. The van der Waals surface area contributed by atoms with Gasteiger partial charge in [0.15, 0.2) is 17.5 Å². The van der Waals surface area contributed by atoms with Crippen molar-refractivity contribution < 1.29 is 0 Å². The first kappa shape index (κ1) is 39.8. The van der Waals surface area contributed by atoms with Crippen LogP contribution in [0.1, 0.15) is 22.3 Å². The highest BCUT2D eigenvalue weighted by Gasteiger charge is 2.46. The third-order valence-corrected chi connectivity index (χ3v) is 14.8. The van der Waals surface area contributed by atoms with Gasteiger partial charge in [-0.3, -0.25) is 0 Å². The minimum Gasteiger partial charge on any atom is -0.208 e. The Labute approximate surface area is 399 Å². The van der Waals surface area contributed by atoms with E-state index in [9.17, 15) is 0 Å². The molecule has 0 amide bonds. The smallest absolute Gasteiger partial charge is 0.164 e. The third kappa shape index (κ3) is 6.60. The summed E-state index contributed by atoms with van der Waals surface area (Å²) in [6, 6.07) is 89.9. The summed E-state index contributed by atoms with van der Waals surface area (Å²) >= 11 is 1.86. The summed E-state index contributed by atoms with van der Waals surface area (Å²) in [4.78, 5) is 15.1. The van der Waals surface area contributed by atoms with Gasteiger partial charge in [-0.2, -0.15) is 0 Å². The Hall–Kier alpha value is -8.57. The molecule has 1 aliphatic carbocycles. The summed E-state index contributed by atoms with van der Waals surface area (Å²) in [5.74, 6) is 1.92. The first-order valence-electron chi connectivity index (χ1n) is 23.1. The fourth-order valence-corrected chi connectivity index (χ4v) is 11.6. The fraction of sp³-hybridized carbons (Fsp3) is 0.0156. The molecule has 318 valence electrons. The number of hydrogen-bond acceptors (Lipinski definition) is 4. The molecule has 1 aliphatic rings. The van der Waals surface area contributed by atoms with Crippen molar-refractivity contribution in [1.29, 1.82) is 0 Å². The number of hydrogen-bond donors (Lipinski definition) is 0. The lowest BCUT2D eigenvalue weighted by Gasteiger charge is -2.34. The molecule has 0 unspecified atom stereocenters. The molecule has 13 rings (SSSR count). The van der Waals surface area contributed by atoms with E-state index in [1.165, 1.54) is 70.2 Å². The molecule has 0 bridgehead atoms. The average molecular weight is 884 g/mol. The van der Waals surface area contributed by atoms with Gasteiger partial charge in [0.05, 0.1) is 5.41 Å². The number of rotatable bonds is 8. The second-order valence-electron chi connectivity index (χ2n) is 17.5. The highest BCUT2D eigenvalue weighted by Crippen LogP contribution is 2.58. The molecular weight excluding hydrogens is 843 g/mol. The van der Waals surface area contributed by atoms with Gasteiger partial charge in [0.1, 0.15) is 0 Å². The highest BCUT2D eigenvalue weighted by molar-refractivity contribution is 7.25. The van der Waals surface area contributed by atoms with E-state index in [0.29, 0.717) is 17.5 Å². The minimum absolute atomic E-state index is 0.539. The summed E-state index contributed by atoms with van der Waals surface area (Å²) in [5, 5.41) is 2.58. The monoisotopic (exact) mass is 883 g/mol. The van der Waals surface area contributed by atoms with E-state index >= 15 is 0 Å². The fourth-order valence-electron chi connectivity index (χ4n) is 10.5. The lowest BCUT2D eigenvalue weighted by atomic mass is 9.67. The number of nitrogens with zero attached hydrogens (tertiary/aromatic N) is 3. The molecule has 0 saturated heterocycles. The van der Waals surface area contributed by atoms with Crippen molar-refractivity contribution in [3.8, 4) is 78.7 Å². The van der Waals surface area contributed by atoms with Gasteiger partial charge < -0.3 is 0 Å². The predicted molar refractivity (Wildman–Crippen MR) is 283 cm³/mol. The van der Waals surface area contributed by atoms with Crippen LogP contribution in [-0.2, 0) is 5.41 Å². The average Bonchev–Trinajstić information content (AvgIpc) is 3.94. The highest BCUT2D eigenvalue weighted by atomic mass is 32.1. The van der Waals surface area contributed by atoms with Crippen LogP contribution in [-0.4, -0.2) is 15.0 Å². The molecule has 0 spiro atoms. The lowest BCUT2D eigenvalue weighted by molar-refractivity contribution is 0.769. The Morgan fingerprint density at radius 3 is 1.40 bits per heavy atom. The number of fused-ring (bicyclic) bond motifs is 6. The third-order valence-electron chi connectivity index (χ3n) is 13.6. The van der Waals surface area contributed by atoms with Crippen molar-refractivity contribution in [2.24, 2.45) is 0 Å². The van der Waals surface area contributed by atoms with E-state index in [4.69, 9.17) is 15.0 Å². The van der Waals surface area contributed by atoms with Crippen molar-refractivity contribution >= 4 is 31.5 Å². The van der Waals surface area contributed by atoms with Crippen molar-refractivity contribution in [2.75, 3.05) is 0 Å². The molecule has 2 aromatic heterocycles. The second-order valence-corrected chi connectivity index (χ2v) is 18.6. The van der Waals surface area contributed by atoms with Gasteiger partial charge >= 0.3 is 0 Å². The zero-order chi connectivity index (χ0) is 45.0. The summed E-state index contributed by atoms with van der Waals surface area (Å²) in [5.41, 5.74) is 16.8. The Morgan fingerprint density at radius 2 is 0.735 bits per heavy atom. The zero-order valence-corrected chi connectivity index (χ0v) is 37.7. The van der Waals surface area contributed by atoms with Crippen molar-refractivity contribution in [2.45, 2.75) is 5.41 Å². The molecule has 68 heavy (non-hydrogen) atoms. The predicted octanol–water partition coefficient (Wildman–Crippen LogP) is 16.6. The maximum Gasteiger partial charge on any atom is 0.164 e. The van der Waals surface area contributed by atoms with Crippen molar-refractivity contribution in [1.82, 2.24) is 15.0 Å². The van der Waals surface area contributed by atoms with Crippen LogP contribution >= 0.6 is 11.3 Å². The molecule has 10 aromatic carbocycles. The topological polar surface area (TPSA) is 38.7 Å². The number of thiophene rings is 1. The maximum atomic E-state index is 5.07. The summed E-state index contributed by atoms with van der Waals surface area (Å²) in [6.45, 7) is 0. The van der Waals surface area contributed by atoms with E-state index < -0.39 is 5.41 Å². The van der Waals surface area contributed by atoms with Gasteiger partial charge in [-0.25, -0.2) is 15.0 Å².